The minimum atomic E-state index is -2.11. The number of halogens is 3. The number of alkyl halides is 2. The van der Waals surface area contributed by atoms with Crippen LogP contribution in [0.25, 0.3) is 16.3 Å². The van der Waals surface area contributed by atoms with Crippen LogP contribution in [0.1, 0.15) is 50.6 Å². The maximum absolute atomic E-state index is 11.0. The molecule has 0 amide bonds. The van der Waals surface area contributed by atoms with Crippen molar-refractivity contribution in [2.75, 3.05) is 5.34 Å². The summed E-state index contributed by atoms with van der Waals surface area (Å²) in [6, 6.07) is 9.63. The van der Waals surface area contributed by atoms with Crippen molar-refractivity contribution in [3.05, 3.63) is 80.0 Å². The second-order valence-corrected chi connectivity index (χ2v) is 16.5. The van der Waals surface area contributed by atoms with Crippen molar-refractivity contribution < 1.29 is 13.8 Å². The van der Waals surface area contributed by atoms with Crippen LogP contribution < -0.4 is 0 Å². The Kier molecular flexibility index (Phi) is 11.5. The molecule has 1 heterocycles. The van der Waals surface area contributed by atoms with Gasteiger partial charge in [0.25, 0.3) is 5.69 Å². The molecule has 2 aromatic carbocycles. The van der Waals surface area contributed by atoms with Crippen molar-refractivity contribution in [3.8, 4) is 11.5 Å². The molecule has 0 unspecified atom stereocenters. The number of nitro groups is 1. The van der Waals surface area contributed by atoms with Gasteiger partial charge in [0, 0.05) is 17.7 Å². The van der Waals surface area contributed by atoms with Crippen molar-refractivity contribution in [2.24, 2.45) is 0 Å². The highest BCUT2D eigenvalue weighted by Gasteiger charge is 2.41. The molecular weight excluding hydrogens is 579 g/mol. The lowest BCUT2D eigenvalue weighted by Gasteiger charge is -2.40. The fourth-order valence-corrected chi connectivity index (χ4v) is 5.33. The molecule has 0 saturated carbocycles. The fourth-order valence-electron chi connectivity index (χ4n) is 3.66. The first-order valence-electron chi connectivity index (χ1n) is 12.2. The zero-order valence-corrected chi connectivity index (χ0v) is 26.4. The molecule has 210 valence electrons. The molecule has 1 aromatic heterocycles. The number of aromatic nitrogens is 2. The Morgan fingerprint density at radius 2 is 1.74 bits per heavy atom. The summed E-state index contributed by atoms with van der Waals surface area (Å²) in [5, 5.41) is 20.2. The maximum Gasteiger partial charge on any atom is 0.269 e. The molecule has 0 aliphatic rings. The molecule has 0 radical (unpaired) electrons. The van der Waals surface area contributed by atoms with E-state index in [-0.39, 0.29) is 34.0 Å². The molecule has 0 saturated heterocycles. The van der Waals surface area contributed by atoms with E-state index >= 15 is 0 Å². The van der Waals surface area contributed by atoms with Gasteiger partial charge in [-0.25, -0.2) is 4.85 Å². The van der Waals surface area contributed by atoms with Gasteiger partial charge >= 0.3 is 0 Å². The predicted octanol–water partition coefficient (Wildman–Crippen LogP) is 9.32. The third-order valence-corrected chi connectivity index (χ3v) is 12.0. The van der Waals surface area contributed by atoms with Crippen LogP contribution in [0, 0.1) is 23.6 Å². The summed E-state index contributed by atoms with van der Waals surface area (Å²) < 4.78 is 12.8. The molecule has 39 heavy (non-hydrogen) atoms. The van der Waals surface area contributed by atoms with Gasteiger partial charge in [0.15, 0.2) is 8.32 Å². The molecule has 0 aliphatic heterocycles. The number of benzene rings is 2. The van der Waals surface area contributed by atoms with E-state index in [0.29, 0.717) is 28.6 Å². The quantitative estimate of drug-likeness (QED) is 0.0828. The van der Waals surface area contributed by atoms with E-state index in [2.05, 4.69) is 48.9 Å². The number of rotatable bonds is 8. The zero-order chi connectivity index (χ0) is 29.5. The first-order chi connectivity index (χ1) is 18.2. The standard InChI is InChI=1S/C26H31ClN4O4Si.CH2Cl2/c1-16-19(11-14-22(28-6)23(16)27)15-21(17(2)35-36(7,8)26(3,4)5)25-30-29-24(34-25)18-9-12-20(13-10-18)31(32)33;2-1-3/h9-14,17,21H,15H2,1-5,7-8H3;1H2/t17-,21+;/m0./s1. The van der Waals surface area contributed by atoms with E-state index in [1.165, 1.54) is 12.1 Å². The van der Waals surface area contributed by atoms with Crippen LogP contribution in [-0.4, -0.2) is 34.9 Å². The Labute approximate surface area is 245 Å². The molecule has 8 nitrogen and oxygen atoms in total. The number of non-ortho nitro benzene ring substituents is 1. The average Bonchev–Trinajstić information content (AvgIpc) is 3.34. The predicted molar refractivity (Wildman–Crippen MR) is 160 cm³/mol. The van der Waals surface area contributed by atoms with E-state index in [1.54, 1.807) is 18.2 Å². The fraction of sp³-hybridized carbons (Fsp3) is 0.444. The van der Waals surface area contributed by atoms with E-state index in [0.717, 1.165) is 11.1 Å². The lowest BCUT2D eigenvalue weighted by molar-refractivity contribution is -0.384. The number of nitrogens with zero attached hydrogens (tertiary/aromatic N) is 4. The van der Waals surface area contributed by atoms with Crippen molar-refractivity contribution in [1.82, 2.24) is 10.2 Å². The molecule has 2 atom stereocenters. The summed E-state index contributed by atoms with van der Waals surface area (Å²) in [7, 11) is -2.11. The molecule has 3 aromatic rings. The van der Waals surface area contributed by atoms with Gasteiger partial charge in [0.05, 0.1) is 33.9 Å². The van der Waals surface area contributed by atoms with Crippen LogP contribution in [0.3, 0.4) is 0 Å². The van der Waals surface area contributed by atoms with Gasteiger partial charge < -0.3 is 8.84 Å². The third-order valence-electron chi connectivity index (χ3n) is 6.97. The monoisotopic (exact) mass is 610 g/mol. The molecule has 0 fully saturated rings. The highest BCUT2D eigenvalue weighted by atomic mass is 35.5. The second-order valence-electron chi connectivity index (χ2n) is 10.5. The van der Waals surface area contributed by atoms with Crippen molar-refractivity contribution in [3.63, 3.8) is 0 Å². The molecular formula is C27H33Cl3N4O4Si. The zero-order valence-electron chi connectivity index (χ0n) is 23.1. The highest BCUT2D eigenvalue weighted by molar-refractivity contribution is 6.74. The Hall–Kier alpha value is -2.48. The summed E-state index contributed by atoms with van der Waals surface area (Å²) in [6.45, 7) is 22.2. The minimum absolute atomic E-state index is 0.0111. The normalized spacial score (nSPS) is 13.2. The highest BCUT2D eigenvalue weighted by Crippen LogP contribution is 2.40. The van der Waals surface area contributed by atoms with Gasteiger partial charge in [0.1, 0.15) is 0 Å². The summed E-state index contributed by atoms with van der Waals surface area (Å²) in [6.07, 6.45) is 0.288. The van der Waals surface area contributed by atoms with Crippen molar-refractivity contribution in [2.45, 2.75) is 71.2 Å². The number of hydrogen-bond acceptors (Lipinski definition) is 6. The van der Waals surface area contributed by atoms with Gasteiger partial charge in [-0.1, -0.05) is 44.5 Å². The minimum Gasteiger partial charge on any atom is -0.420 e. The summed E-state index contributed by atoms with van der Waals surface area (Å²) in [5.41, 5.74) is 2.81. The van der Waals surface area contributed by atoms with E-state index in [4.69, 9.17) is 50.2 Å². The molecule has 0 aliphatic carbocycles. The van der Waals surface area contributed by atoms with E-state index < -0.39 is 13.2 Å². The Bertz CT molecular complexity index is 1320. The van der Waals surface area contributed by atoms with Crippen LogP contribution in [0.2, 0.25) is 23.2 Å². The molecule has 0 bridgehead atoms. The summed E-state index contributed by atoms with van der Waals surface area (Å²) in [5.74, 6) is 0.425. The van der Waals surface area contributed by atoms with E-state index in [1.807, 2.05) is 19.9 Å². The van der Waals surface area contributed by atoms with Gasteiger partial charge in [0.2, 0.25) is 17.5 Å². The first kappa shape index (κ1) is 32.7. The molecule has 0 N–H and O–H groups in total. The van der Waals surface area contributed by atoms with Gasteiger partial charge in [-0.3, -0.25) is 10.1 Å². The SMILES string of the molecule is ClCCl.[C-]#[N+]c1ccc(C[C@@H](c2nnc(-c3ccc([N+](=O)[O-])cc3)o2)[C@H](C)O[Si](C)(C)C(C)(C)C)c(C)c1Cl. The molecule has 0 spiro atoms. The number of hydrogen-bond donors (Lipinski definition) is 0. The van der Waals surface area contributed by atoms with Gasteiger partial charge in [-0.05, 0) is 61.7 Å². The van der Waals surface area contributed by atoms with Gasteiger partial charge in [-0.2, -0.15) is 0 Å². The maximum atomic E-state index is 11.0. The molecule has 3 rings (SSSR count). The largest absolute Gasteiger partial charge is 0.420 e. The topological polar surface area (TPSA) is 95.7 Å². The Morgan fingerprint density at radius 1 is 1.15 bits per heavy atom. The average molecular weight is 612 g/mol. The van der Waals surface area contributed by atoms with Crippen molar-refractivity contribution in [1.29, 1.82) is 0 Å². The Morgan fingerprint density at radius 3 is 2.26 bits per heavy atom. The number of nitro benzene ring substituents is 1. The van der Waals surface area contributed by atoms with Crippen LogP contribution in [0.4, 0.5) is 11.4 Å². The lowest BCUT2D eigenvalue weighted by atomic mass is 9.92. The smallest absolute Gasteiger partial charge is 0.269 e. The van der Waals surface area contributed by atoms with Crippen LogP contribution in [0.15, 0.2) is 40.8 Å². The van der Waals surface area contributed by atoms with Crippen LogP contribution in [0.5, 0.6) is 0 Å². The third kappa shape index (κ3) is 8.26. The second kappa shape index (κ2) is 13.7. The lowest BCUT2D eigenvalue weighted by Crippen LogP contribution is -2.44. The summed E-state index contributed by atoms with van der Waals surface area (Å²) in [4.78, 5) is 14.0. The Balaban J connectivity index is 0.00000170. The van der Waals surface area contributed by atoms with Crippen molar-refractivity contribution >= 4 is 54.5 Å². The van der Waals surface area contributed by atoms with Gasteiger partial charge in [-0.15, -0.1) is 33.4 Å². The van der Waals surface area contributed by atoms with Crippen LogP contribution >= 0.6 is 34.8 Å². The first-order valence-corrected chi connectivity index (χ1v) is 16.6. The van der Waals surface area contributed by atoms with E-state index in [9.17, 15) is 10.1 Å². The van der Waals surface area contributed by atoms with Crippen LogP contribution in [-0.2, 0) is 10.8 Å². The molecule has 12 heteroatoms. The summed E-state index contributed by atoms with van der Waals surface area (Å²) >= 11 is 16.0.